The second-order valence-electron chi connectivity index (χ2n) is 12.3. The average Bonchev–Trinajstić information content (AvgIpc) is 3.11. The van der Waals surface area contributed by atoms with Crippen LogP contribution in [-0.4, -0.2) is 12.1 Å². The zero-order chi connectivity index (χ0) is 38.6. The van der Waals surface area contributed by atoms with Gasteiger partial charge in [-0.3, -0.25) is 0 Å². The smallest absolute Gasteiger partial charge is 0.457 e. The summed E-state index contributed by atoms with van der Waals surface area (Å²) in [7, 11) is 0. The van der Waals surface area contributed by atoms with Crippen molar-refractivity contribution in [3.8, 4) is 34.1 Å². The van der Waals surface area contributed by atoms with Gasteiger partial charge in [0.05, 0.1) is 0 Å². The third-order valence-corrected chi connectivity index (χ3v) is 8.35. The molecule has 0 aromatic heterocycles. The monoisotopic (exact) mass is 730 g/mol. The van der Waals surface area contributed by atoms with Crippen molar-refractivity contribution >= 4 is 22.7 Å². The molecule has 6 nitrogen and oxygen atoms in total. The van der Waals surface area contributed by atoms with Gasteiger partial charge in [0.25, 0.3) is 0 Å². The normalized spacial score (nSPS) is 11.7. The number of alkyl halides is 6. The summed E-state index contributed by atoms with van der Waals surface area (Å²) in [6.07, 6.45) is -6.19. The molecule has 0 saturated heterocycles. The summed E-state index contributed by atoms with van der Waals surface area (Å²) in [6, 6.07) is 32.3. The Balaban J connectivity index is 0.000000281. The molecule has 0 unspecified atom stereocenters. The molecule has 0 bridgehead atoms. The number of ether oxygens (including phenoxy) is 2. The molecule has 8 N–H and O–H groups in total. The zero-order valence-corrected chi connectivity index (χ0v) is 28.6. The highest BCUT2D eigenvalue weighted by molar-refractivity contribution is 5.70. The van der Waals surface area contributed by atoms with E-state index in [1.54, 1.807) is 36.4 Å². The van der Waals surface area contributed by atoms with Gasteiger partial charge in [-0.1, -0.05) is 48.5 Å². The number of hydrogen-bond acceptors (Lipinski definition) is 6. The first kappa shape index (κ1) is 37.9. The second-order valence-corrected chi connectivity index (χ2v) is 12.3. The Kier molecular flexibility index (Phi) is 10.8. The number of halogens is 6. The number of rotatable bonds is 8. The van der Waals surface area contributed by atoms with E-state index in [1.165, 1.54) is 23.3 Å². The largest absolute Gasteiger partial charge is 0.457 e. The number of aryl methyl sites for hydroxylation is 2. The minimum absolute atomic E-state index is 0.0814. The van der Waals surface area contributed by atoms with Crippen LogP contribution in [0.25, 0.3) is 11.1 Å². The molecule has 6 rings (SSSR count). The Bertz CT molecular complexity index is 2050. The highest BCUT2D eigenvalue weighted by atomic mass is 19.4. The number of benzene rings is 6. The quantitative estimate of drug-likeness (QED) is 0.0913. The van der Waals surface area contributed by atoms with Crippen LogP contribution in [0.4, 0.5) is 49.1 Å². The van der Waals surface area contributed by atoms with Crippen LogP contribution in [0.5, 0.6) is 23.0 Å². The maximum Gasteiger partial charge on any atom is 0.457 e. The van der Waals surface area contributed by atoms with Gasteiger partial charge in [-0.2, -0.15) is 22.0 Å². The van der Waals surface area contributed by atoms with E-state index in [9.17, 15) is 22.0 Å². The molecule has 0 radical (unpaired) electrons. The Morgan fingerprint density at radius 3 is 1.13 bits per heavy atom. The fourth-order valence-corrected chi connectivity index (χ4v) is 5.37. The maximum atomic E-state index is 16.2. The molecule has 0 heterocycles. The van der Waals surface area contributed by atoms with Gasteiger partial charge in [0.15, 0.2) is 0 Å². The molecule has 12 heteroatoms. The highest BCUT2D eigenvalue weighted by Gasteiger charge is 2.72. The van der Waals surface area contributed by atoms with Crippen LogP contribution >= 0.6 is 0 Å². The van der Waals surface area contributed by atoms with E-state index < -0.39 is 28.9 Å². The van der Waals surface area contributed by atoms with Gasteiger partial charge in [-0.05, 0) is 109 Å². The van der Waals surface area contributed by atoms with Crippen LogP contribution in [0.15, 0.2) is 133 Å². The lowest BCUT2D eigenvalue weighted by Crippen LogP contribution is -2.53. The minimum Gasteiger partial charge on any atom is -0.457 e. The van der Waals surface area contributed by atoms with Crippen molar-refractivity contribution in [1.29, 1.82) is 0 Å². The lowest BCUT2D eigenvalue weighted by Gasteiger charge is -2.35. The third kappa shape index (κ3) is 8.44. The molecule has 274 valence electrons. The molecule has 0 fully saturated rings. The van der Waals surface area contributed by atoms with Gasteiger partial charge in [0.2, 0.25) is 5.67 Å². The van der Waals surface area contributed by atoms with E-state index in [4.69, 9.17) is 32.4 Å². The molecule has 0 aliphatic heterocycles. The lowest BCUT2D eigenvalue weighted by atomic mass is 9.82. The van der Waals surface area contributed by atoms with Crippen LogP contribution < -0.4 is 32.4 Å². The van der Waals surface area contributed by atoms with Crippen LogP contribution in [0.3, 0.4) is 0 Å². The summed E-state index contributed by atoms with van der Waals surface area (Å²) in [6.45, 7) is 4.03. The zero-order valence-electron chi connectivity index (χ0n) is 28.6. The SMILES string of the molecule is Cc1cc(-c2ccc(N)c(C)c2)ccc1N.Nc1cccc(Oc2ccc(C(F)(c3ccc(Oc4cccc(N)c4)cc3)C(F)(F)C(F)(F)F)cc2)c1. The third-order valence-electron chi connectivity index (χ3n) is 8.35. The van der Waals surface area contributed by atoms with Crippen molar-refractivity contribution in [2.24, 2.45) is 0 Å². The highest BCUT2D eigenvalue weighted by Crippen LogP contribution is 2.54. The first-order valence-corrected chi connectivity index (χ1v) is 16.1. The Morgan fingerprint density at radius 2 is 0.811 bits per heavy atom. The second kappa shape index (κ2) is 15.1. The summed E-state index contributed by atoms with van der Waals surface area (Å²) in [5, 5.41) is 0. The topological polar surface area (TPSA) is 123 Å². The maximum absolute atomic E-state index is 16.2. The van der Waals surface area contributed by atoms with Crippen LogP contribution in [0, 0.1) is 13.8 Å². The van der Waals surface area contributed by atoms with Crippen molar-refractivity contribution < 1.29 is 35.8 Å². The van der Waals surface area contributed by atoms with Crippen molar-refractivity contribution in [3.05, 3.63) is 156 Å². The summed E-state index contributed by atoms with van der Waals surface area (Å²) < 4.78 is 97.1. The predicted octanol–water partition coefficient (Wildman–Crippen LogP) is 11.0. The van der Waals surface area contributed by atoms with E-state index in [-0.39, 0.29) is 11.5 Å². The first-order chi connectivity index (χ1) is 25.0. The van der Waals surface area contributed by atoms with Gasteiger partial charge < -0.3 is 32.4 Å². The van der Waals surface area contributed by atoms with E-state index in [1.807, 2.05) is 38.1 Å². The summed E-state index contributed by atoms with van der Waals surface area (Å²) in [5.41, 5.74) is 23.9. The number of hydrogen-bond donors (Lipinski definition) is 4. The molecule has 0 atom stereocenters. The molecule has 0 aliphatic rings. The van der Waals surface area contributed by atoms with Gasteiger partial charge >= 0.3 is 12.1 Å². The molecule has 6 aromatic rings. The first-order valence-electron chi connectivity index (χ1n) is 16.1. The Morgan fingerprint density at radius 1 is 0.434 bits per heavy atom. The van der Waals surface area contributed by atoms with Gasteiger partial charge in [0, 0.05) is 46.0 Å². The van der Waals surface area contributed by atoms with Crippen molar-refractivity contribution in [1.82, 2.24) is 0 Å². The molecule has 0 amide bonds. The van der Waals surface area contributed by atoms with Crippen molar-refractivity contribution in [3.63, 3.8) is 0 Å². The van der Waals surface area contributed by atoms with Gasteiger partial charge in [-0.15, -0.1) is 0 Å². The van der Waals surface area contributed by atoms with E-state index in [2.05, 4.69) is 12.1 Å². The number of nitrogen functional groups attached to an aromatic ring is 4. The van der Waals surface area contributed by atoms with E-state index in [0.29, 0.717) is 22.9 Å². The van der Waals surface area contributed by atoms with Crippen molar-refractivity contribution in [2.75, 3.05) is 22.9 Å². The Labute approximate surface area is 302 Å². The molecule has 6 aromatic carbocycles. The fourth-order valence-electron chi connectivity index (χ4n) is 5.37. The van der Waals surface area contributed by atoms with Crippen LogP contribution in [0.1, 0.15) is 22.3 Å². The molecule has 0 aliphatic carbocycles. The van der Waals surface area contributed by atoms with Gasteiger partial charge in [0.1, 0.15) is 23.0 Å². The van der Waals surface area contributed by atoms with Crippen LogP contribution in [0.2, 0.25) is 0 Å². The van der Waals surface area contributed by atoms with E-state index in [0.717, 1.165) is 71.0 Å². The summed E-state index contributed by atoms with van der Waals surface area (Å²) >= 11 is 0. The van der Waals surface area contributed by atoms with E-state index >= 15 is 4.39 Å². The van der Waals surface area contributed by atoms with Gasteiger partial charge in [-0.25, -0.2) is 4.39 Å². The molecular weight excluding hydrogens is 694 g/mol. The lowest BCUT2D eigenvalue weighted by molar-refractivity contribution is -0.323. The summed E-state index contributed by atoms with van der Waals surface area (Å²) in [4.78, 5) is 0. The van der Waals surface area contributed by atoms with Crippen molar-refractivity contribution in [2.45, 2.75) is 31.6 Å². The molecular formula is C41H36F6N4O2. The molecule has 0 spiro atoms. The average molecular weight is 731 g/mol. The Hall–Kier alpha value is -6.30. The summed E-state index contributed by atoms with van der Waals surface area (Å²) in [5.74, 6) is -5.01. The fraction of sp³-hybridized carbons (Fsp3) is 0.122. The van der Waals surface area contributed by atoms with Crippen LogP contribution in [-0.2, 0) is 5.67 Å². The minimum atomic E-state index is -6.19. The predicted molar refractivity (Wildman–Crippen MR) is 198 cm³/mol. The molecule has 0 saturated carbocycles. The number of nitrogens with two attached hydrogens (primary N) is 4. The number of anilines is 4. The molecule has 53 heavy (non-hydrogen) atoms. The standard InChI is InChI=1S/C27H20F6N2O2.C14H16N2/c28-25(26(29,30)27(31,32)33,17-7-11-21(12-8-17)36-23-5-1-3-19(34)15-23)18-9-13-22(14-10-18)37-24-6-2-4-20(35)16-24;1-9-7-11(3-5-13(9)15)12-4-6-14(16)10(2)8-12/h1-16H,34-35H2;3-8H,15-16H2,1-2H3.